The normalized spacial score (nSPS) is 10.2. The number of hydrogen-bond acceptors (Lipinski definition) is 3. The summed E-state index contributed by atoms with van der Waals surface area (Å²) in [6.45, 7) is 2.00. The van der Waals surface area contributed by atoms with Gasteiger partial charge < -0.3 is 10.4 Å². The van der Waals surface area contributed by atoms with Crippen LogP contribution in [0.1, 0.15) is 21.5 Å². The van der Waals surface area contributed by atoms with E-state index in [0.717, 1.165) is 16.8 Å². The highest BCUT2D eigenvalue weighted by atomic mass is 32.2. The van der Waals surface area contributed by atoms with E-state index in [-0.39, 0.29) is 11.5 Å². The van der Waals surface area contributed by atoms with E-state index >= 15 is 0 Å². The lowest BCUT2D eigenvalue weighted by molar-refractivity contribution is -0.113. The number of aromatic carboxylic acids is 1. The fraction of sp³-hybridized carbons (Fsp3) is 0.176. The minimum absolute atomic E-state index is 0.0454. The number of aryl methyl sites for hydroxylation is 1. The van der Waals surface area contributed by atoms with Crippen molar-refractivity contribution in [2.45, 2.75) is 12.7 Å². The van der Waals surface area contributed by atoms with Crippen LogP contribution in [0.25, 0.3) is 0 Å². The highest BCUT2D eigenvalue weighted by Crippen LogP contribution is 2.14. The van der Waals surface area contributed by atoms with Crippen molar-refractivity contribution in [3.8, 4) is 0 Å². The first kappa shape index (κ1) is 16.1. The van der Waals surface area contributed by atoms with Crippen LogP contribution in [0.15, 0.2) is 48.5 Å². The third-order valence-corrected chi connectivity index (χ3v) is 4.04. The lowest BCUT2D eigenvalue weighted by Crippen LogP contribution is -2.14. The maximum Gasteiger partial charge on any atom is 0.335 e. The van der Waals surface area contributed by atoms with Crippen LogP contribution < -0.4 is 5.32 Å². The molecule has 1 amide bonds. The highest BCUT2D eigenvalue weighted by molar-refractivity contribution is 7.99. The SMILES string of the molecule is Cc1ccc(NC(=O)CSCc2ccc(C(=O)O)cc2)cc1. The molecule has 0 heterocycles. The molecule has 0 aliphatic heterocycles. The number of carbonyl (C=O) groups excluding carboxylic acids is 1. The van der Waals surface area contributed by atoms with Gasteiger partial charge in [-0.2, -0.15) is 0 Å². The Morgan fingerprint density at radius 2 is 1.68 bits per heavy atom. The molecule has 114 valence electrons. The number of nitrogens with one attached hydrogen (secondary N) is 1. The lowest BCUT2D eigenvalue weighted by atomic mass is 10.1. The van der Waals surface area contributed by atoms with E-state index in [1.165, 1.54) is 11.8 Å². The third-order valence-electron chi connectivity index (χ3n) is 3.04. The molecule has 0 aliphatic carbocycles. The van der Waals surface area contributed by atoms with E-state index in [9.17, 15) is 9.59 Å². The Bertz CT molecular complexity index is 651. The molecule has 2 aromatic carbocycles. The second-order valence-corrected chi connectivity index (χ2v) is 5.89. The Balaban J connectivity index is 1.77. The number of anilines is 1. The fourth-order valence-electron chi connectivity index (χ4n) is 1.84. The average molecular weight is 315 g/mol. The van der Waals surface area contributed by atoms with Gasteiger partial charge in [-0.15, -0.1) is 11.8 Å². The zero-order valence-electron chi connectivity index (χ0n) is 12.2. The van der Waals surface area contributed by atoms with E-state index in [1.54, 1.807) is 24.3 Å². The number of rotatable bonds is 6. The molecule has 0 fully saturated rings. The number of hydrogen-bond donors (Lipinski definition) is 2. The molecule has 2 N–H and O–H groups in total. The third kappa shape index (κ3) is 4.93. The Hall–Kier alpha value is -2.27. The standard InChI is InChI=1S/C17H17NO3S/c1-12-2-8-15(9-3-12)18-16(19)11-22-10-13-4-6-14(7-5-13)17(20)21/h2-9H,10-11H2,1H3,(H,18,19)(H,20,21). The van der Waals surface area contributed by atoms with Crippen molar-refractivity contribution >= 4 is 29.3 Å². The van der Waals surface area contributed by atoms with Crippen LogP contribution in [0, 0.1) is 6.92 Å². The minimum atomic E-state index is -0.934. The summed E-state index contributed by atoms with van der Waals surface area (Å²) in [7, 11) is 0. The number of thioether (sulfide) groups is 1. The summed E-state index contributed by atoms with van der Waals surface area (Å²) in [6.07, 6.45) is 0. The maximum atomic E-state index is 11.8. The first-order chi connectivity index (χ1) is 10.5. The predicted octanol–water partition coefficient (Wildman–Crippen LogP) is 3.57. The van der Waals surface area contributed by atoms with Crippen LogP contribution >= 0.6 is 11.8 Å². The number of carboxylic acids is 1. The van der Waals surface area contributed by atoms with Crippen molar-refractivity contribution in [3.63, 3.8) is 0 Å². The Morgan fingerprint density at radius 3 is 2.27 bits per heavy atom. The van der Waals surface area contributed by atoms with Gasteiger partial charge in [0.05, 0.1) is 11.3 Å². The summed E-state index contributed by atoms with van der Waals surface area (Å²) in [4.78, 5) is 22.6. The molecule has 2 aromatic rings. The molecule has 0 bridgehead atoms. The molecule has 2 rings (SSSR count). The quantitative estimate of drug-likeness (QED) is 0.855. The molecule has 0 unspecified atom stereocenters. The smallest absolute Gasteiger partial charge is 0.335 e. The zero-order chi connectivity index (χ0) is 15.9. The van der Waals surface area contributed by atoms with Crippen molar-refractivity contribution in [3.05, 3.63) is 65.2 Å². The number of amides is 1. The molecular formula is C17H17NO3S. The van der Waals surface area contributed by atoms with Gasteiger partial charge in [-0.3, -0.25) is 4.79 Å². The van der Waals surface area contributed by atoms with Crippen LogP contribution in [-0.2, 0) is 10.5 Å². The van der Waals surface area contributed by atoms with Crippen molar-refractivity contribution < 1.29 is 14.7 Å². The molecule has 0 saturated heterocycles. The zero-order valence-corrected chi connectivity index (χ0v) is 13.0. The van der Waals surface area contributed by atoms with E-state index in [2.05, 4.69) is 5.32 Å². The summed E-state index contributed by atoms with van der Waals surface area (Å²) < 4.78 is 0. The fourth-order valence-corrected chi connectivity index (χ4v) is 2.63. The van der Waals surface area contributed by atoms with Crippen LogP contribution in [-0.4, -0.2) is 22.7 Å². The first-order valence-electron chi connectivity index (χ1n) is 6.81. The van der Waals surface area contributed by atoms with E-state index in [4.69, 9.17) is 5.11 Å². The van der Waals surface area contributed by atoms with Gasteiger partial charge in [-0.05, 0) is 36.8 Å². The van der Waals surface area contributed by atoms with Crippen LogP contribution in [0.5, 0.6) is 0 Å². The molecule has 22 heavy (non-hydrogen) atoms. The highest BCUT2D eigenvalue weighted by Gasteiger charge is 2.04. The van der Waals surface area contributed by atoms with Gasteiger partial charge in [0, 0.05) is 11.4 Å². The number of benzene rings is 2. The van der Waals surface area contributed by atoms with Crippen molar-refractivity contribution in [1.29, 1.82) is 0 Å². The van der Waals surface area contributed by atoms with Gasteiger partial charge in [-0.1, -0.05) is 29.8 Å². The molecule has 4 nitrogen and oxygen atoms in total. The molecule has 5 heteroatoms. The summed E-state index contributed by atoms with van der Waals surface area (Å²) in [6, 6.07) is 14.3. The second kappa shape index (κ2) is 7.66. The van der Waals surface area contributed by atoms with Crippen molar-refractivity contribution in [1.82, 2.24) is 0 Å². The van der Waals surface area contributed by atoms with Gasteiger partial charge in [-0.25, -0.2) is 4.79 Å². The predicted molar refractivity (Wildman–Crippen MR) is 89.4 cm³/mol. The summed E-state index contributed by atoms with van der Waals surface area (Å²) in [5, 5.41) is 11.7. The second-order valence-electron chi connectivity index (χ2n) is 4.91. The largest absolute Gasteiger partial charge is 0.478 e. The Morgan fingerprint density at radius 1 is 1.05 bits per heavy atom. The van der Waals surface area contributed by atoms with Gasteiger partial charge in [0.25, 0.3) is 0 Å². The van der Waals surface area contributed by atoms with Gasteiger partial charge >= 0.3 is 5.97 Å². The summed E-state index contributed by atoms with van der Waals surface area (Å²) in [5.41, 5.74) is 3.21. The average Bonchev–Trinajstić information content (AvgIpc) is 2.50. The molecule has 0 saturated carbocycles. The Kier molecular flexibility index (Phi) is 5.61. The summed E-state index contributed by atoms with van der Waals surface area (Å²) in [5.74, 6) is 0.0446. The van der Waals surface area contributed by atoms with Crippen LogP contribution in [0.2, 0.25) is 0 Å². The monoisotopic (exact) mass is 315 g/mol. The number of carboxylic acid groups (broad SMARTS) is 1. The van der Waals surface area contributed by atoms with Crippen molar-refractivity contribution in [2.24, 2.45) is 0 Å². The van der Waals surface area contributed by atoms with Crippen molar-refractivity contribution in [2.75, 3.05) is 11.1 Å². The maximum absolute atomic E-state index is 11.8. The first-order valence-corrected chi connectivity index (χ1v) is 7.96. The molecule has 0 atom stereocenters. The molecule has 0 spiro atoms. The van der Waals surface area contributed by atoms with E-state index in [0.29, 0.717) is 11.5 Å². The van der Waals surface area contributed by atoms with E-state index in [1.807, 2.05) is 31.2 Å². The van der Waals surface area contributed by atoms with Gasteiger partial charge in [0.1, 0.15) is 0 Å². The molecular weight excluding hydrogens is 298 g/mol. The Labute approximate surface area is 133 Å². The topological polar surface area (TPSA) is 66.4 Å². The molecule has 0 radical (unpaired) electrons. The van der Waals surface area contributed by atoms with Crippen LogP contribution in [0.4, 0.5) is 5.69 Å². The lowest BCUT2D eigenvalue weighted by Gasteiger charge is -2.06. The summed E-state index contributed by atoms with van der Waals surface area (Å²) >= 11 is 1.49. The molecule has 0 aromatic heterocycles. The van der Waals surface area contributed by atoms with Gasteiger partial charge in [0.15, 0.2) is 0 Å². The van der Waals surface area contributed by atoms with Gasteiger partial charge in [0.2, 0.25) is 5.91 Å². The number of carbonyl (C=O) groups is 2. The molecule has 0 aliphatic rings. The van der Waals surface area contributed by atoms with Crippen LogP contribution in [0.3, 0.4) is 0 Å². The minimum Gasteiger partial charge on any atom is -0.478 e. The van der Waals surface area contributed by atoms with E-state index < -0.39 is 5.97 Å².